The summed E-state index contributed by atoms with van der Waals surface area (Å²) < 4.78 is 10.9. The highest BCUT2D eigenvalue weighted by atomic mass is 16.5. The molecule has 0 aromatic heterocycles. The van der Waals surface area contributed by atoms with Crippen LogP contribution in [0.25, 0.3) is 0 Å². The van der Waals surface area contributed by atoms with Crippen LogP contribution in [0.15, 0.2) is 4.99 Å². The molecule has 2 rings (SSSR count). The Bertz CT molecular complexity index is 392. The van der Waals surface area contributed by atoms with Crippen LogP contribution < -0.4 is 10.6 Å². The van der Waals surface area contributed by atoms with Gasteiger partial charge in [0.15, 0.2) is 5.96 Å². The number of aliphatic hydroxyl groups is 1. The summed E-state index contributed by atoms with van der Waals surface area (Å²) in [6, 6.07) is 0.350. The van der Waals surface area contributed by atoms with Gasteiger partial charge in [-0.2, -0.15) is 0 Å². The summed E-state index contributed by atoms with van der Waals surface area (Å²) in [6.45, 7) is 6.76. The highest BCUT2D eigenvalue weighted by Crippen LogP contribution is 2.42. The van der Waals surface area contributed by atoms with Crippen LogP contribution >= 0.6 is 0 Å². The van der Waals surface area contributed by atoms with Crippen molar-refractivity contribution in [2.75, 3.05) is 40.5 Å². The lowest BCUT2D eigenvalue weighted by molar-refractivity contribution is -0.0923. The van der Waals surface area contributed by atoms with Gasteiger partial charge < -0.3 is 25.2 Å². The summed E-state index contributed by atoms with van der Waals surface area (Å²) in [7, 11) is 3.55. The van der Waals surface area contributed by atoms with Gasteiger partial charge in [0.2, 0.25) is 0 Å². The molecular weight excluding hydrogens is 282 g/mol. The van der Waals surface area contributed by atoms with Gasteiger partial charge in [-0.05, 0) is 19.3 Å². The lowest BCUT2D eigenvalue weighted by Gasteiger charge is -2.51. The molecule has 2 atom stereocenters. The molecule has 2 aliphatic rings. The predicted molar refractivity (Wildman–Crippen MR) is 87.1 cm³/mol. The Morgan fingerprint density at radius 3 is 2.55 bits per heavy atom. The number of hydrogen-bond donors (Lipinski definition) is 3. The third kappa shape index (κ3) is 3.55. The third-order valence-corrected chi connectivity index (χ3v) is 5.52. The second-order valence-corrected chi connectivity index (χ2v) is 7.17. The normalized spacial score (nSPS) is 30.5. The number of nitrogens with zero attached hydrogens (tertiary/aromatic N) is 1. The maximum atomic E-state index is 9.74. The van der Waals surface area contributed by atoms with Gasteiger partial charge in [0.1, 0.15) is 0 Å². The van der Waals surface area contributed by atoms with Crippen LogP contribution in [-0.4, -0.2) is 63.7 Å². The molecule has 1 saturated heterocycles. The Morgan fingerprint density at radius 1 is 1.36 bits per heavy atom. The maximum Gasteiger partial charge on any atom is 0.191 e. The second kappa shape index (κ2) is 7.15. The van der Waals surface area contributed by atoms with Gasteiger partial charge in [0.05, 0.1) is 12.7 Å². The minimum atomic E-state index is -0.0972. The monoisotopic (exact) mass is 313 g/mol. The highest BCUT2D eigenvalue weighted by molar-refractivity contribution is 5.80. The van der Waals surface area contributed by atoms with Crippen molar-refractivity contribution < 1.29 is 14.6 Å². The Balaban J connectivity index is 1.85. The van der Waals surface area contributed by atoms with Crippen LogP contribution in [-0.2, 0) is 9.47 Å². The molecular formula is C16H31N3O3. The molecule has 128 valence electrons. The quantitative estimate of drug-likeness (QED) is 0.516. The zero-order valence-electron chi connectivity index (χ0n) is 14.3. The average molecular weight is 313 g/mol. The minimum absolute atomic E-state index is 0.0969. The molecule has 6 heteroatoms. The molecule has 0 spiro atoms. The molecule has 0 aromatic carbocycles. The molecule has 1 heterocycles. The van der Waals surface area contributed by atoms with Gasteiger partial charge in [-0.25, -0.2) is 0 Å². The summed E-state index contributed by atoms with van der Waals surface area (Å²) in [6.07, 6.45) is 3.05. The van der Waals surface area contributed by atoms with Gasteiger partial charge in [0.25, 0.3) is 0 Å². The zero-order chi connectivity index (χ0) is 16.2. The SMILES string of the molecule is CN=C(NCC1(CO)CCOCC1)NC1CC(OC)C1(C)C. The smallest absolute Gasteiger partial charge is 0.191 e. The molecule has 0 amide bonds. The number of hydrogen-bond acceptors (Lipinski definition) is 4. The van der Waals surface area contributed by atoms with E-state index < -0.39 is 0 Å². The van der Waals surface area contributed by atoms with E-state index in [1.54, 1.807) is 14.2 Å². The lowest BCUT2D eigenvalue weighted by Crippen LogP contribution is -2.63. The van der Waals surface area contributed by atoms with E-state index >= 15 is 0 Å². The summed E-state index contributed by atoms with van der Waals surface area (Å²) >= 11 is 0. The molecule has 0 bridgehead atoms. The van der Waals surface area contributed by atoms with Crippen LogP contribution in [0.2, 0.25) is 0 Å². The number of methoxy groups -OCH3 is 1. The number of nitrogens with one attached hydrogen (secondary N) is 2. The summed E-state index contributed by atoms with van der Waals surface area (Å²) in [5.74, 6) is 0.798. The fraction of sp³-hybridized carbons (Fsp3) is 0.938. The topological polar surface area (TPSA) is 75.1 Å². The first-order valence-corrected chi connectivity index (χ1v) is 8.16. The van der Waals surface area contributed by atoms with Crippen molar-refractivity contribution in [1.82, 2.24) is 10.6 Å². The highest BCUT2D eigenvalue weighted by Gasteiger charge is 2.49. The van der Waals surface area contributed by atoms with E-state index in [0.717, 1.165) is 38.4 Å². The first kappa shape index (κ1) is 17.5. The molecule has 0 radical (unpaired) electrons. The van der Waals surface area contributed by atoms with Gasteiger partial charge in [-0.3, -0.25) is 4.99 Å². The first-order valence-electron chi connectivity index (χ1n) is 8.16. The largest absolute Gasteiger partial charge is 0.396 e. The van der Waals surface area contributed by atoms with Crippen molar-refractivity contribution in [3.63, 3.8) is 0 Å². The first-order chi connectivity index (χ1) is 10.5. The van der Waals surface area contributed by atoms with Gasteiger partial charge in [-0.15, -0.1) is 0 Å². The van der Waals surface area contributed by atoms with Crippen molar-refractivity contribution >= 4 is 5.96 Å². The van der Waals surface area contributed by atoms with E-state index in [4.69, 9.17) is 9.47 Å². The van der Waals surface area contributed by atoms with E-state index in [-0.39, 0.29) is 17.4 Å². The molecule has 1 saturated carbocycles. The van der Waals surface area contributed by atoms with Crippen LogP contribution in [0.4, 0.5) is 0 Å². The average Bonchev–Trinajstić information content (AvgIpc) is 2.54. The molecule has 2 fully saturated rings. The fourth-order valence-electron chi connectivity index (χ4n) is 3.36. The van der Waals surface area contributed by atoms with Gasteiger partial charge in [-0.1, -0.05) is 13.8 Å². The zero-order valence-corrected chi connectivity index (χ0v) is 14.3. The van der Waals surface area contributed by atoms with Crippen LogP contribution in [0.1, 0.15) is 33.1 Å². The summed E-state index contributed by atoms with van der Waals surface area (Å²) in [5.41, 5.74) is -0.000218. The molecule has 2 unspecified atom stereocenters. The maximum absolute atomic E-state index is 9.74. The third-order valence-electron chi connectivity index (χ3n) is 5.52. The summed E-state index contributed by atoms with van der Waals surface area (Å²) in [4.78, 5) is 4.32. The molecule has 22 heavy (non-hydrogen) atoms. The molecule has 0 aromatic rings. The molecule has 1 aliphatic heterocycles. The number of guanidine groups is 1. The van der Waals surface area contributed by atoms with E-state index in [1.165, 1.54) is 0 Å². The molecule has 1 aliphatic carbocycles. The lowest BCUT2D eigenvalue weighted by atomic mass is 9.64. The van der Waals surface area contributed by atoms with E-state index in [1.807, 2.05) is 0 Å². The van der Waals surface area contributed by atoms with Crippen molar-refractivity contribution in [2.45, 2.75) is 45.3 Å². The number of ether oxygens (including phenoxy) is 2. The predicted octanol–water partition coefficient (Wildman–Crippen LogP) is 0.754. The van der Waals surface area contributed by atoms with E-state index in [0.29, 0.717) is 18.7 Å². The fourth-order valence-corrected chi connectivity index (χ4v) is 3.36. The Morgan fingerprint density at radius 2 is 2.05 bits per heavy atom. The second-order valence-electron chi connectivity index (χ2n) is 7.17. The van der Waals surface area contributed by atoms with Crippen molar-refractivity contribution in [2.24, 2.45) is 15.8 Å². The van der Waals surface area contributed by atoms with Crippen LogP contribution in [0.5, 0.6) is 0 Å². The Labute approximate surface area is 133 Å². The Kier molecular flexibility index (Phi) is 5.69. The number of rotatable bonds is 5. The summed E-state index contributed by atoms with van der Waals surface area (Å²) in [5, 5.41) is 16.6. The molecule has 6 nitrogen and oxygen atoms in total. The van der Waals surface area contributed by atoms with Crippen LogP contribution in [0, 0.1) is 10.8 Å². The van der Waals surface area contributed by atoms with Gasteiger partial charge >= 0.3 is 0 Å². The molecule has 3 N–H and O–H groups in total. The van der Waals surface area contributed by atoms with Crippen molar-refractivity contribution in [1.29, 1.82) is 0 Å². The Hall–Kier alpha value is -0.850. The van der Waals surface area contributed by atoms with E-state index in [9.17, 15) is 5.11 Å². The van der Waals surface area contributed by atoms with Crippen LogP contribution in [0.3, 0.4) is 0 Å². The van der Waals surface area contributed by atoms with Gasteiger partial charge in [0, 0.05) is 50.8 Å². The number of aliphatic imine (C=N–C) groups is 1. The number of aliphatic hydroxyl groups excluding tert-OH is 1. The van der Waals surface area contributed by atoms with E-state index in [2.05, 4.69) is 29.5 Å². The standard InChI is InChI=1S/C16H31N3O3/c1-15(2)12(9-13(15)21-4)19-14(17-3)18-10-16(11-20)5-7-22-8-6-16/h12-13,20H,5-11H2,1-4H3,(H2,17,18,19). The van der Waals surface area contributed by atoms with Crippen molar-refractivity contribution in [3.05, 3.63) is 0 Å². The van der Waals surface area contributed by atoms with Crippen molar-refractivity contribution in [3.8, 4) is 0 Å². The minimum Gasteiger partial charge on any atom is -0.396 e.